The molecule has 0 heterocycles. The highest BCUT2D eigenvalue weighted by molar-refractivity contribution is 7.92. The molecule has 1 amide bonds. The predicted octanol–water partition coefficient (Wildman–Crippen LogP) is 5.03. The number of hydrogen-bond donors (Lipinski definition) is 4. The summed E-state index contributed by atoms with van der Waals surface area (Å²) in [7, 11) is -3.80. The van der Waals surface area contributed by atoms with Gasteiger partial charge in [0.2, 0.25) is 0 Å². The van der Waals surface area contributed by atoms with Crippen LogP contribution in [-0.4, -0.2) is 25.7 Å². The number of carbonyl (C=O) groups is 1. The van der Waals surface area contributed by atoms with E-state index < -0.39 is 16.1 Å². The zero-order chi connectivity index (χ0) is 22.3. The second-order valence-electron chi connectivity index (χ2n) is 8.24. The molecule has 0 bridgehead atoms. The maximum Gasteiger partial charge on any atom is 0.409 e. The van der Waals surface area contributed by atoms with Gasteiger partial charge in [-0.15, -0.1) is 0 Å². The largest absolute Gasteiger partial charge is 0.465 e. The average Bonchev–Trinajstić information content (AvgIpc) is 2.73. The van der Waals surface area contributed by atoms with Crippen LogP contribution < -0.4 is 15.4 Å². The first-order valence-electron chi connectivity index (χ1n) is 10.8. The summed E-state index contributed by atoms with van der Waals surface area (Å²) in [5, 5.41) is 14.5. The predicted molar refractivity (Wildman–Crippen MR) is 123 cm³/mol. The van der Waals surface area contributed by atoms with Crippen molar-refractivity contribution in [2.75, 3.05) is 10.0 Å². The Kier molecular flexibility index (Phi) is 7.92. The second kappa shape index (κ2) is 10.6. The molecule has 2 aromatic carbocycles. The van der Waals surface area contributed by atoms with Gasteiger partial charge < -0.3 is 10.4 Å². The Bertz CT molecular complexity index is 971. The van der Waals surface area contributed by atoms with E-state index >= 15 is 0 Å². The molecule has 0 saturated heterocycles. The van der Waals surface area contributed by atoms with Crippen LogP contribution in [0.5, 0.6) is 0 Å². The normalized spacial score (nSPS) is 15.9. The molecular weight excluding hydrogens is 414 g/mol. The number of amides is 1. The van der Waals surface area contributed by atoms with Crippen LogP contribution in [0.25, 0.3) is 0 Å². The Balaban J connectivity index is 1.63. The fraction of sp³-hybridized carbons (Fsp3) is 0.435. The van der Waals surface area contributed by atoms with Crippen molar-refractivity contribution < 1.29 is 18.3 Å². The molecule has 31 heavy (non-hydrogen) atoms. The van der Waals surface area contributed by atoms with Gasteiger partial charge in [0.25, 0.3) is 10.0 Å². The third-order valence-corrected chi connectivity index (χ3v) is 7.11. The molecule has 1 aliphatic rings. The Labute approximate surface area is 184 Å². The van der Waals surface area contributed by atoms with Gasteiger partial charge in [-0.25, -0.2) is 13.2 Å². The van der Waals surface area contributed by atoms with Crippen molar-refractivity contribution in [3.05, 3.63) is 54.1 Å². The summed E-state index contributed by atoms with van der Waals surface area (Å²) < 4.78 is 28.3. The molecular formula is C23H31N3O4S. The van der Waals surface area contributed by atoms with Crippen molar-refractivity contribution in [3.8, 4) is 0 Å². The van der Waals surface area contributed by atoms with E-state index in [1.54, 1.807) is 12.1 Å². The lowest BCUT2D eigenvalue weighted by Gasteiger charge is -2.25. The first-order chi connectivity index (χ1) is 14.8. The fourth-order valence-electron chi connectivity index (χ4n) is 4.11. The van der Waals surface area contributed by atoms with E-state index in [-0.39, 0.29) is 4.90 Å². The van der Waals surface area contributed by atoms with Crippen molar-refractivity contribution in [3.63, 3.8) is 0 Å². The zero-order valence-electron chi connectivity index (χ0n) is 17.8. The maximum atomic E-state index is 12.8. The average molecular weight is 446 g/mol. The molecule has 4 N–H and O–H groups in total. The second-order valence-corrected chi connectivity index (χ2v) is 9.92. The molecule has 2 aromatic rings. The third kappa shape index (κ3) is 6.97. The van der Waals surface area contributed by atoms with Crippen LogP contribution in [0.4, 0.5) is 16.2 Å². The number of para-hydroxylation sites is 1. The zero-order valence-corrected chi connectivity index (χ0v) is 18.6. The minimum atomic E-state index is -3.80. The summed E-state index contributed by atoms with van der Waals surface area (Å²) in [5.74, 6) is 0.781. The SMILES string of the molecule is CC(CC1CCCCC1)NCc1ccccc1NS(=O)(=O)c1ccc(NC(=O)O)cc1. The van der Waals surface area contributed by atoms with Crippen LogP contribution in [0.1, 0.15) is 51.0 Å². The van der Waals surface area contributed by atoms with Gasteiger partial charge in [-0.05, 0) is 55.2 Å². The monoisotopic (exact) mass is 445 g/mol. The highest BCUT2D eigenvalue weighted by atomic mass is 32.2. The van der Waals surface area contributed by atoms with E-state index in [1.165, 1.54) is 56.4 Å². The number of hydrogen-bond acceptors (Lipinski definition) is 4. The number of benzene rings is 2. The Morgan fingerprint density at radius 2 is 1.74 bits per heavy atom. The molecule has 0 spiro atoms. The van der Waals surface area contributed by atoms with Gasteiger partial charge in [0.05, 0.1) is 10.6 Å². The summed E-state index contributed by atoms with van der Waals surface area (Å²) in [6.45, 7) is 2.77. The molecule has 1 atom stereocenters. The highest BCUT2D eigenvalue weighted by Crippen LogP contribution is 2.27. The number of sulfonamides is 1. The highest BCUT2D eigenvalue weighted by Gasteiger charge is 2.18. The molecule has 0 radical (unpaired) electrons. The van der Waals surface area contributed by atoms with Crippen LogP contribution in [0.3, 0.4) is 0 Å². The van der Waals surface area contributed by atoms with Crippen LogP contribution in [0.15, 0.2) is 53.4 Å². The summed E-state index contributed by atoms with van der Waals surface area (Å²) in [6.07, 6.45) is 6.57. The van der Waals surface area contributed by atoms with Gasteiger partial charge in [-0.3, -0.25) is 10.0 Å². The Morgan fingerprint density at radius 3 is 2.42 bits per heavy atom. The molecule has 7 nitrogen and oxygen atoms in total. The van der Waals surface area contributed by atoms with Crippen molar-refractivity contribution in [1.29, 1.82) is 0 Å². The lowest BCUT2D eigenvalue weighted by atomic mass is 9.85. The first-order valence-corrected chi connectivity index (χ1v) is 12.3. The van der Waals surface area contributed by atoms with E-state index in [2.05, 4.69) is 22.3 Å². The third-order valence-electron chi connectivity index (χ3n) is 5.73. The van der Waals surface area contributed by atoms with Gasteiger partial charge in [-0.1, -0.05) is 50.3 Å². The van der Waals surface area contributed by atoms with Crippen molar-refractivity contribution in [2.24, 2.45) is 5.92 Å². The molecule has 8 heteroatoms. The number of nitrogens with one attached hydrogen (secondary N) is 3. The van der Waals surface area contributed by atoms with Crippen molar-refractivity contribution in [1.82, 2.24) is 5.32 Å². The van der Waals surface area contributed by atoms with Crippen molar-refractivity contribution >= 4 is 27.5 Å². The maximum absolute atomic E-state index is 12.8. The molecule has 1 saturated carbocycles. The summed E-state index contributed by atoms with van der Waals surface area (Å²) >= 11 is 0. The van der Waals surface area contributed by atoms with E-state index in [9.17, 15) is 13.2 Å². The van der Waals surface area contributed by atoms with Gasteiger partial charge in [-0.2, -0.15) is 0 Å². The Hall–Kier alpha value is -2.58. The minimum absolute atomic E-state index is 0.0665. The summed E-state index contributed by atoms with van der Waals surface area (Å²) in [6, 6.07) is 13.3. The molecule has 3 rings (SSSR count). The van der Waals surface area contributed by atoms with E-state index in [0.29, 0.717) is 24.0 Å². The van der Waals surface area contributed by atoms with Gasteiger partial charge in [0.15, 0.2) is 0 Å². The quantitative estimate of drug-likeness (QED) is 0.433. The number of carboxylic acid groups (broad SMARTS) is 1. The van der Waals surface area contributed by atoms with E-state index in [0.717, 1.165) is 17.9 Å². The van der Waals surface area contributed by atoms with Crippen LogP contribution >= 0.6 is 0 Å². The molecule has 1 fully saturated rings. The number of rotatable bonds is 9. The lowest BCUT2D eigenvalue weighted by molar-refractivity contribution is 0.209. The summed E-state index contributed by atoms with van der Waals surface area (Å²) in [5.41, 5.74) is 1.72. The summed E-state index contributed by atoms with van der Waals surface area (Å²) in [4.78, 5) is 10.8. The smallest absolute Gasteiger partial charge is 0.409 e. The van der Waals surface area contributed by atoms with Crippen LogP contribution in [0, 0.1) is 5.92 Å². The van der Waals surface area contributed by atoms with E-state index in [1.807, 2.05) is 12.1 Å². The molecule has 1 aliphatic carbocycles. The lowest BCUT2D eigenvalue weighted by Crippen LogP contribution is -2.29. The topological polar surface area (TPSA) is 108 Å². The minimum Gasteiger partial charge on any atom is -0.465 e. The number of anilines is 2. The van der Waals surface area contributed by atoms with Crippen LogP contribution in [-0.2, 0) is 16.6 Å². The van der Waals surface area contributed by atoms with Gasteiger partial charge in [0, 0.05) is 18.3 Å². The first kappa shape index (κ1) is 23.1. The van der Waals surface area contributed by atoms with Crippen molar-refractivity contribution in [2.45, 2.75) is 62.9 Å². The molecule has 0 aromatic heterocycles. The Morgan fingerprint density at radius 1 is 1.06 bits per heavy atom. The van der Waals surface area contributed by atoms with Gasteiger partial charge >= 0.3 is 6.09 Å². The standard InChI is InChI=1S/C23H31N3O4S/c1-17(15-18-7-3-2-4-8-18)24-16-19-9-5-6-10-22(19)26-31(29,30)21-13-11-20(12-14-21)25-23(27)28/h5-6,9-14,17-18,24-26H,2-4,7-8,15-16H2,1H3,(H,27,28). The molecule has 0 aliphatic heterocycles. The van der Waals surface area contributed by atoms with Crippen LogP contribution in [0.2, 0.25) is 0 Å². The fourth-order valence-corrected chi connectivity index (χ4v) is 5.21. The van der Waals surface area contributed by atoms with Gasteiger partial charge in [0.1, 0.15) is 0 Å². The van der Waals surface area contributed by atoms with E-state index in [4.69, 9.17) is 5.11 Å². The molecule has 1 unspecified atom stereocenters. The molecule has 168 valence electrons.